The van der Waals surface area contributed by atoms with E-state index in [4.69, 9.17) is 0 Å². The third kappa shape index (κ3) is 3.56. The van der Waals surface area contributed by atoms with Crippen LogP contribution in [0.3, 0.4) is 0 Å². The zero-order valence-electron chi connectivity index (χ0n) is 13.5. The minimum atomic E-state index is -0.624. The Hall–Kier alpha value is -2.67. The molecule has 0 aliphatic rings. The average Bonchev–Trinajstić information content (AvgIpc) is 2.88. The largest absolute Gasteiger partial charge is 0.295 e. The maximum atomic E-state index is 13.0. The second kappa shape index (κ2) is 7.06. The highest BCUT2D eigenvalue weighted by molar-refractivity contribution is 9.10. The molecule has 3 rings (SSSR count). The molecular weight excluding hydrogens is 386 g/mol. The summed E-state index contributed by atoms with van der Waals surface area (Å²) in [5, 5.41) is 14.3. The molecule has 2 aromatic carbocycles. The molecule has 1 atom stereocenters. The number of para-hydroxylation sites is 1. The zero-order valence-corrected chi connectivity index (χ0v) is 15.1. The van der Waals surface area contributed by atoms with Crippen molar-refractivity contribution in [2.24, 2.45) is 0 Å². The monoisotopic (exact) mass is 401 g/mol. The Kier molecular flexibility index (Phi) is 4.85. The molecule has 0 saturated heterocycles. The summed E-state index contributed by atoms with van der Waals surface area (Å²) < 4.78 is 2.24. The van der Waals surface area contributed by atoms with E-state index in [1.165, 1.54) is 4.68 Å². The van der Waals surface area contributed by atoms with Crippen LogP contribution in [0.4, 0.5) is 0 Å². The smallest absolute Gasteiger partial charge is 0.275 e. The van der Waals surface area contributed by atoms with Crippen LogP contribution in [-0.4, -0.2) is 21.2 Å². The van der Waals surface area contributed by atoms with Crippen LogP contribution in [-0.2, 0) is 0 Å². The highest BCUT2D eigenvalue weighted by Crippen LogP contribution is 2.27. The number of aromatic amines is 1. The van der Waals surface area contributed by atoms with E-state index in [9.17, 15) is 14.9 Å². The van der Waals surface area contributed by atoms with Gasteiger partial charge in [0.15, 0.2) is 0 Å². The number of nitrogens with one attached hydrogen (secondary N) is 1. The van der Waals surface area contributed by atoms with Crippen molar-refractivity contribution in [3.05, 3.63) is 96.4 Å². The number of aryl methyl sites for hydroxylation is 1. The first-order chi connectivity index (χ1) is 12.0. The first kappa shape index (κ1) is 17.2. The van der Waals surface area contributed by atoms with E-state index in [0.717, 1.165) is 10.0 Å². The number of benzene rings is 2. The molecule has 0 aliphatic carbocycles. The van der Waals surface area contributed by atoms with E-state index < -0.39 is 5.92 Å². The molecule has 0 unspecified atom stereocenters. The number of hydrogen-bond donors (Lipinski definition) is 1. The van der Waals surface area contributed by atoms with E-state index in [0.29, 0.717) is 16.9 Å². The first-order valence-electron chi connectivity index (χ1n) is 7.71. The fourth-order valence-electron chi connectivity index (χ4n) is 2.96. The maximum Gasteiger partial charge on any atom is 0.275 e. The fourth-order valence-corrected chi connectivity index (χ4v) is 3.38. The van der Waals surface area contributed by atoms with Crippen molar-refractivity contribution < 1.29 is 4.92 Å². The van der Waals surface area contributed by atoms with Gasteiger partial charge in [0.05, 0.1) is 17.2 Å². The van der Waals surface area contributed by atoms with Gasteiger partial charge in [-0.25, -0.2) is 4.68 Å². The number of H-pyrrole nitrogens is 1. The van der Waals surface area contributed by atoms with Crippen molar-refractivity contribution >= 4 is 15.9 Å². The lowest BCUT2D eigenvalue weighted by molar-refractivity contribution is -0.481. The summed E-state index contributed by atoms with van der Waals surface area (Å²) in [7, 11) is 0. The van der Waals surface area contributed by atoms with E-state index in [1.54, 1.807) is 13.0 Å². The van der Waals surface area contributed by atoms with E-state index >= 15 is 0 Å². The number of hydrogen-bond acceptors (Lipinski definition) is 3. The summed E-state index contributed by atoms with van der Waals surface area (Å²) in [6.45, 7) is 1.42. The topological polar surface area (TPSA) is 80.9 Å². The van der Waals surface area contributed by atoms with Crippen molar-refractivity contribution in [1.82, 2.24) is 9.78 Å². The van der Waals surface area contributed by atoms with E-state index in [1.807, 2.05) is 48.5 Å². The van der Waals surface area contributed by atoms with Gasteiger partial charge >= 0.3 is 0 Å². The lowest BCUT2D eigenvalue weighted by Crippen LogP contribution is -2.23. The van der Waals surface area contributed by atoms with Crippen LogP contribution in [0.1, 0.15) is 22.7 Å². The van der Waals surface area contributed by atoms with Gasteiger partial charge in [-0.15, -0.1) is 0 Å². The summed E-state index contributed by atoms with van der Waals surface area (Å²) in [4.78, 5) is 23.8. The number of aromatic nitrogens is 2. The van der Waals surface area contributed by atoms with Crippen LogP contribution in [0.15, 0.2) is 63.9 Å². The Bertz CT molecular complexity index is 963. The van der Waals surface area contributed by atoms with Gasteiger partial charge in [0.2, 0.25) is 6.54 Å². The highest BCUT2D eigenvalue weighted by Gasteiger charge is 2.27. The third-order valence-electron chi connectivity index (χ3n) is 4.06. The van der Waals surface area contributed by atoms with Crippen LogP contribution < -0.4 is 5.56 Å². The van der Waals surface area contributed by atoms with Crippen LogP contribution in [0.5, 0.6) is 0 Å². The minimum Gasteiger partial charge on any atom is -0.295 e. The van der Waals surface area contributed by atoms with Crippen molar-refractivity contribution in [3.8, 4) is 5.69 Å². The van der Waals surface area contributed by atoms with Crippen LogP contribution in [0, 0.1) is 17.0 Å². The van der Waals surface area contributed by atoms with Crippen LogP contribution in [0.2, 0.25) is 0 Å². The molecule has 6 nitrogen and oxygen atoms in total. The summed E-state index contributed by atoms with van der Waals surface area (Å²) >= 11 is 3.39. The van der Waals surface area contributed by atoms with Gasteiger partial charge in [-0.1, -0.05) is 46.3 Å². The summed E-state index contributed by atoms with van der Waals surface area (Å²) in [5.74, 6) is -0.624. The summed E-state index contributed by atoms with van der Waals surface area (Å²) in [6.07, 6.45) is 0. The summed E-state index contributed by atoms with van der Waals surface area (Å²) in [6, 6.07) is 16.4. The van der Waals surface area contributed by atoms with Gasteiger partial charge in [0.1, 0.15) is 0 Å². The predicted octanol–water partition coefficient (Wildman–Crippen LogP) is 3.65. The molecular formula is C18H16BrN3O3. The maximum absolute atomic E-state index is 13.0. The van der Waals surface area contributed by atoms with Gasteiger partial charge in [-0.05, 0) is 36.8 Å². The molecule has 7 heteroatoms. The second-order valence-electron chi connectivity index (χ2n) is 5.75. The standard InChI is InChI=1S/C18H16BrN3O3/c1-12-17(18(23)22(20-12)15-8-3-2-4-9-15)16(11-21(24)25)13-6-5-7-14(19)10-13/h2-10,16,20H,11H2,1H3/t16-/m0/s1. The number of halogens is 1. The van der Waals surface area contributed by atoms with Crippen molar-refractivity contribution in [3.63, 3.8) is 0 Å². The van der Waals surface area contributed by atoms with Crippen molar-refractivity contribution in [1.29, 1.82) is 0 Å². The molecule has 0 radical (unpaired) electrons. The predicted molar refractivity (Wildman–Crippen MR) is 99.0 cm³/mol. The van der Waals surface area contributed by atoms with Crippen molar-refractivity contribution in [2.45, 2.75) is 12.8 Å². The Morgan fingerprint density at radius 2 is 1.92 bits per heavy atom. The second-order valence-corrected chi connectivity index (χ2v) is 6.67. The van der Waals surface area contributed by atoms with Crippen LogP contribution >= 0.6 is 15.9 Å². The van der Waals surface area contributed by atoms with Gasteiger partial charge in [-0.3, -0.25) is 20.0 Å². The quantitative estimate of drug-likeness (QED) is 0.523. The SMILES string of the molecule is Cc1[nH]n(-c2ccccc2)c(=O)c1[C@@H](C[N+](=O)[O-])c1cccc(Br)c1. The van der Waals surface area contributed by atoms with Gasteiger partial charge in [-0.2, -0.15) is 0 Å². The Morgan fingerprint density at radius 3 is 2.56 bits per heavy atom. The molecule has 0 bridgehead atoms. The molecule has 1 aromatic heterocycles. The Morgan fingerprint density at radius 1 is 1.20 bits per heavy atom. The lowest BCUT2D eigenvalue weighted by Gasteiger charge is -2.12. The molecule has 1 heterocycles. The normalized spacial score (nSPS) is 12.1. The highest BCUT2D eigenvalue weighted by atomic mass is 79.9. The third-order valence-corrected chi connectivity index (χ3v) is 4.56. The Labute approximate surface area is 152 Å². The molecule has 0 fully saturated rings. The minimum absolute atomic E-state index is 0.268. The number of nitro groups is 1. The van der Waals surface area contributed by atoms with Gasteiger partial charge in [0, 0.05) is 15.1 Å². The average molecular weight is 402 g/mol. The molecule has 0 aliphatic heterocycles. The van der Waals surface area contributed by atoms with Crippen molar-refractivity contribution in [2.75, 3.05) is 6.54 Å². The van der Waals surface area contributed by atoms with Crippen LogP contribution in [0.25, 0.3) is 5.69 Å². The molecule has 0 spiro atoms. The Balaban J connectivity index is 2.15. The fraction of sp³-hybridized carbons (Fsp3) is 0.167. The molecule has 3 aromatic rings. The molecule has 0 saturated carbocycles. The number of rotatable bonds is 5. The number of nitrogens with zero attached hydrogens (tertiary/aromatic N) is 2. The lowest BCUT2D eigenvalue weighted by atomic mass is 9.91. The first-order valence-corrected chi connectivity index (χ1v) is 8.51. The molecule has 25 heavy (non-hydrogen) atoms. The van der Waals surface area contributed by atoms with E-state index in [2.05, 4.69) is 21.0 Å². The molecule has 0 amide bonds. The zero-order chi connectivity index (χ0) is 18.0. The van der Waals surface area contributed by atoms with Gasteiger partial charge < -0.3 is 0 Å². The molecule has 1 N–H and O–H groups in total. The van der Waals surface area contributed by atoms with E-state index in [-0.39, 0.29) is 17.0 Å². The van der Waals surface area contributed by atoms with Gasteiger partial charge in [0.25, 0.3) is 5.56 Å². The summed E-state index contributed by atoms with van der Waals surface area (Å²) in [5.41, 5.74) is 2.19. The molecule has 128 valence electrons.